The second-order valence-corrected chi connectivity index (χ2v) is 12.4. The number of hydrogen-bond donors (Lipinski definition) is 0. The molecule has 0 saturated carbocycles. The van der Waals surface area contributed by atoms with Gasteiger partial charge in [0.15, 0.2) is 0 Å². The molecule has 0 aliphatic carbocycles. The minimum absolute atomic E-state index is 0.168. The Morgan fingerprint density at radius 1 is 0.545 bits per heavy atom. The summed E-state index contributed by atoms with van der Waals surface area (Å²) in [6.45, 7) is 31.2. The van der Waals surface area contributed by atoms with E-state index in [0.717, 1.165) is 48.5 Å². The molecule has 0 aromatic heterocycles. The van der Waals surface area contributed by atoms with E-state index in [-0.39, 0.29) is 11.7 Å². The Bertz CT molecular complexity index is 581. The predicted octanol–water partition coefficient (Wildman–Crippen LogP) is 11.2. The van der Waals surface area contributed by atoms with E-state index in [0.29, 0.717) is 23.3 Å². The average molecular weight is 463 g/mol. The Morgan fingerprint density at radius 2 is 0.879 bits per heavy atom. The molecule has 0 fully saturated rings. The van der Waals surface area contributed by atoms with Crippen molar-refractivity contribution in [3.8, 4) is 0 Å². The number of halogens is 1. The monoisotopic (exact) mass is 462 g/mol. The van der Waals surface area contributed by atoms with Crippen LogP contribution in [0.4, 0.5) is 4.39 Å². The predicted molar refractivity (Wildman–Crippen MR) is 149 cm³/mol. The van der Waals surface area contributed by atoms with Gasteiger partial charge in [0, 0.05) is 0 Å². The summed E-state index contributed by atoms with van der Waals surface area (Å²) >= 11 is 0. The van der Waals surface area contributed by atoms with Crippen LogP contribution in [0.25, 0.3) is 0 Å². The maximum absolute atomic E-state index is 15.0. The Morgan fingerprint density at radius 3 is 1.24 bits per heavy atom. The first kappa shape index (κ1) is 32.1. The molecule has 0 nitrogen and oxygen atoms in total. The highest BCUT2D eigenvalue weighted by Crippen LogP contribution is 2.31. The molecule has 0 bridgehead atoms. The molecule has 6 unspecified atom stereocenters. The lowest BCUT2D eigenvalue weighted by Gasteiger charge is -2.23. The van der Waals surface area contributed by atoms with Crippen molar-refractivity contribution in [1.29, 1.82) is 0 Å². The SMILES string of the molecule is C=C(/C=C(/F)C(=C)C(C)CCC(C)C(C)CCC(C)C)C(C)CCC(C)C(C)CCC(C)C. The molecule has 0 aliphatic heterocycles. The van der Waals surface area contributed by atoms with Crippen molar-refractivity contribution in [3.63, 3.8) is 0 Å². The van der Waals surface area contributed by atoms with Crippen molar-refractivity contribution in [2.24, 2.45) is 47.3 Å². The number of rotatable bonds is 18. The number of hydrogen-bond acceptors (Lipinski definition) is 0. The van der Waals surface area contributed by atoms with Crippen molar-refractivity contribution in [2.75, 3.05) is 0 Å². The molecule has 6 atom stereocenters. The van der Waals surface area contributed by atoms with Crippen molar-refractivity contribution >= 4 is 0 Å². The molecule has 0 heterocycles. The summed E-state index contributed by atoms with van der Waals surface area (Å²) in [7, 11) is 0. The highest BCUT2D eigenvalue weighted by molar-refractivity contribution is 5.32. The first-order chi connectivity index (χ1) is 15.3. The summed E-state index contributed by atoms with van der Waals surface area (Å²) in [5.74, 6) is 4.70. The van der Waals surface area contributed by atoms with Gasteiger partial charge in [-0.2, -0.15) is 0 Å². The van der Waals surface area contributed by atoms with Crippen LogP contribution in [0.15, 0.2) is 36.2 Å². The van der Waals surface area contributed by atoms with Crippen molar-refractivity contribution in [1.82, 2.24) is 0 Å². The summed E-state index contributed by atoms with van der Waals surface area (Å²) in [4.78, 5) is 0. The molecule has 0 amide bonds. The Labute approximate surface area is 208 Å². The summed E-state index contributed by atoms with van der Waals surface area (Å²) in [5, 5.41) is 0. The van der Waals surface area contributed by atoms with Gasteiger partial charge in [-0.05, 0) is 90.2 Å². The zero-order valence-corrected chi connectivity index (χ0v) is 24.1. The molecule has 0 saturated heterocycles. The van der Waals surface area contributed by atoms with Gasteiger partial charge in [0.1, 0.15) is 5.83 Å². The lowest BCUT2D eigenvalue weighted by molar-refractivity contribution is 0.305. The minimum Gasteiger partial charge on any atom is -0.207 e. The molecule has 0 spiro atoms. The molecule has 0 aromatic carbocycles. The van der Waals surface area contributed by atoms with Crippen LogP contribution in [0.2, 0.25) is 0 Å². The maximum atomic E-state index is 15.0. The fraction of sp³-hybridized carbons (Fsp3) is 0.812. The second-order valence-electron chi connectivity index (χ2n) is 12.4. The highest BCUT2D eigenvalue weighted by Gasteiger charge is 2.18. The van der Waals surface area contributed by atoms with Crippen molar-refractivity contribution < 1.29 is 4.39 Å². The Balaban J connectivity index is 4.56. The molecular formula is C32H59F. The Hall–Kier alpha value is -0.850. The largest absolute Gasteiger partial charge is 0.207 e. The fourth-order valence-electron chi connectivity index (χ4n) is 4.35. The second kappa shape index (κ2) is 16.7. The molecule has 0 N–H and O–H groups in total. The van der Waals surface area contributed by atoms with E-state index in [4.69, 9.17) is 0 Å². The van der Waals surface area contributed by atoms with Gasteiger partial charge in [0.05, 0.1) is 0 Å². The van der Waals surface area contributed by atoms with E-state index in [1.165, 1.54) is 32.1 Å². The van der Waals surface area contributed by atoms with Gasteiger partial charge < -0.3 is 0 Å². The zero-order valence-electron chi connectivity index (χ0n) is 24.1. The fourth-order valence-corrected chi connectivity index (χ4v) is 4.35. The minimum atomic E-state index is -0.168. The van der Waals surface area contributed by atoms with E-state index in [1.807, 2.05) is 0 Å². The van der Waals surface area contributed by atoms with Gasteiger partial charge in [-0.15, -0.1) is 0 Å². The molecule has 33 heavy (non-hydrogen) atoms. The molecule has 1 heteroatoms. The summed E-state index contributed by atoms with van der Waals surface area (Å²) in [6.07, 6.45) is 11.2. The summed E-state index contributed by atoms with van der Waals surface area (Å²) < 4.78 is 15.0. The van der Waals surface area contributed by atoms with Crippen LogP contribution in [-0.4, -0.2) is 0 Å². The van der Waals surface area contributed by atoms with Crippen LogP contribution >= 0.6 is 0 Å². The van der Waals surface area contributed by atoms with Gasteiger partial charge in [-0.3, -0.25) is 0 Å². The lowest BCUT2D eigenvalue weighted by atomic mass is 9.83. The standard InChI is InChI=1S/C32H59F/c1-22(2)13-15-24(5)26(7)17-18-28(9)30(11)21-32(33)31(12)29(10)20-19-27(8)25(6)16-14-23(3)4/h21-29H,11-20H2,1-10H3/b32-21+. The van der Waals surface area contributed by atoms with Crippen LogP contribution in [-0.2, 0) is 0 Å². The molecule has 0 radical (unpaired) electrons. The van der Waals surface area contributed by atoms with E-state index in [9.17, 15) is 4.39 Å². The molecule has 0 aliphatic rings. The first-order valence-electron chi connectivity index (χ1n) is 14.0. The summed E-state index contributed by atoms with van der Waals surface area (Å²) in [5.41, 5.74) is 1.54. The van der Waals surface area contributed by atoms with Gasteiger partial charge in [0.25, 0.3) is 0 Å². The first-order valence-corrected chi connectivity index (χ1v) is 14.0. The van der Waals surface area contributed by atoms with Crippen LogP contribution in [0.1, 0.15) is 121 Å². The zero-order chi connectivity index (χ0) is 25.7. The number of allylic oxidation sites excluding steroid dienone is 4. The lowest BCUT2D eigenvalue weighted by Crippen LogP contribution is -2.12. The third-order valence-corrected chi connectivity index (χ3v) is 8.30. The Kier molecular flexibility index (Phi) is 16.3. The molecule has 0 rings (SSSR count). The van der Waals surface area contributed by atoms with Gasteiger partial charge >= 0.3 is 0 Å². The van der Waals surface area contributed by atoms with Crippen molar-refractivity contribution in [2.45, 2.75) is 121 Å². The van der Waals surface area contributed by atoms with Gasteiger partial charge in [-0.1, -0.05) is 108 Å². The van der Waals surface area contributed by atoms with Gasteiger partial charge in [0.2, 0.25) is 0 Å². The summed E-state index contributed by atoms with van der Waals surface area (Å²) in [6, 6.07) is 0. The highest BCUT2D eigenvalue weighted by atomic mass is 19.1. The third-order valence-electron chi connectivity index (χ3n) is 8.30. The topological polar surface area (TPSA) is 0 Å². The quantitative estimate of drug-likeness (QED) is 0.178. The van der Waals surface area contributed by atoms with E-state index in [1.54, 1.807) is 6.08 Å². The van der Waals surface area contributed by atoms with Crippen LogP contribution in [0.5, 0.6) is 0 Å². The normalized spacial score (nSPS) is 18.2. The van der Waals surface area contributed by atoms with E-state index < -0.39 is 0 Å². The van der Waals surface area contributed by atoms with Crippen molar-refractivity contribution in [3.05, 3.63) is 36.2 Å². The molecule has 0 aromatic rings. The maximum Gasteiger partial charge on any atom is 0.126 e. The molecular weight excluding hydrogens is 403 g/mol. The molecule has 194 valence electrons. The third kappa shape index (κ3) is 14.2. The van der Waals surface area contributed by atoms with Gasteiger partial charge in [-0.25, -0.2) is 4.39 Å². The van der Waals surface area contributed by atoms with Crippen LogP contribution in [0.3, 0.4) is 0 Å². The van der Waals surface area contributed by atoms with E-state index in [2.05, 4.69) is 82.4 Å². The smallest absolute Gasteiger partial charge is 0.126 e. The van der Waals surface area contributed by atoms with E-state index >= 15 is 0 Å². The average Bonchev–Trinajstić information content (AvgIpc) is 2.75. The van der Waals surface area contributed by atoms with Crippen LogP contribution < -0.4 is 0 Å². The van der Waals surface area contributed by atoms with Crippen LogP contribution in [0, 0.1) is 47.3 Å².